The largest absolute Gasteiger partial charge is 0.337 e. The fourth-order valence-electron chi connectivity index (χ4n) is 0.855. The molecule has 0 radical (unpaired) electrons. The standard InChI is InChI=1S/C9H18N4O/c1-8(4-5-10)11-6-7-12-9(14)13(2)3/h8,11H,4,6-7H2,1-3H3,(H,12,14). The number of amides is 2. The molecule has 0 spiro atoms. The summed E-state index contributed by atoms with van der Waals surface area (Å²) in [6, 6.07) is 2.16. The summed E-state index contributed by atoms with van der Waals surface area (Å²) in [5.74, 6) is 0. The molecule has 5 heteroatoms. The Kier molecular flexibility index (Phi) is 6.50. The number of hydrogen-bond donors (Lipinski definition) is 2. The predicted octanol–water partition coefficient (Wildman–Crippen LogP) is 0.149. The van der Waals surface area contributed by atoms with Gasteiger partial charge in [0.15, 0.2) is 0 Å². The number of nitriles is 1. The minimum Gasteiger partial charge on any atom is -0.337 e. The van der Waals surface area contributed by atoms with Crippen LogP contribution in [0.4, 0.5) is 4.79 Å². The molecule has 0 aromatic rings. The molecule has 0 heterocycles. The molecule has 0 aliphatic rings. The maximum absolute atomic E-state index is 11.0. The van der Waals surface area contributed by atoms with Gasteiger partial charge in [-0.15, -0.1) is 0 Å². The first-order valence-electron chi connectivity index (χ1n) is 4.63. The normalized spacial score (nSPS) is 11.6. The maximum atomic E-state index is 11.0. The van der Waals surface area contributed by atoms with Crippen LogP contribution in [0.1, 0.15) is 13.3 Å². The Labute approximate surface area is 85.1 Å². The van der Waals surface area contributed by atoms with Gasteiger partial charge < -0.3 is 15.5 Å². The number of nitrogens with one attached hydrogen (secondary N) is 2. The van der Waals surface area contributed by atoms with Crippen LogP contribution in [0, 0.1) is 11.3 Å². The van der Waals surface area contributed by atoms with Gasteiger partial charge in [-0.1, -0.05) is 0 Å². The average molecular weight is 198 g/mol. The zero-order valence-corrected chi connectivity index (χ0v) is 9.00. The molecule has 1 atom stereocenters. The number of carbonyl (C=O) groups is 1. The van der Waals surface area contributed by atoms with Gasteiger partial charge in [0, 0.05) is 33.2 Å². The molecule has 14 heavy (non-hydrogen) atoms. The smallest absolute Gasteiger partial charge is 0.316 e. The second-order valence-corrected chi connectivity index (χ2v) is 3.34. The van der Waals surface area contributed by atoms with Crippen molar-refractivity contribution in [2.45, 2.75) is 19.4 Å². The lowest BCUT2D eigenvalue weighted by molar-refractivity contribution is 0.217. The summed E-state index contributed by atoms with van der Waals surface area (Å²) in [6.07, 6.45) is 0.488. The summed E-state index contributed by atoms with van der Waals surface area (Å²) in [6.45, 7) is 3.20. The molecule has 0 saturated carbocycles. The van der Waals surface area contributed by atoms with Crippen LogP contribution in [-0.2, 0) is 0 Å². The number of nitrogens with zero attached hydrogens (tertiary/aromatic N) is 2. The van der Waals surface area contributed by atoms with Crippen molar-refractivity contribution in [2.24, 2.45) is 0 Å². The molecule has 0 aromatic carbocycles. The van der Waals surface area contributed by atoms with Crippen LogP contribution >= 0.6 is 0 Å². The van der Waals surface area contributed by atoms with Crippen LogP contribution in [0.2, 0.25) is 0 Å². The van der Waals surface area contributed by atoms with Crippen molar-refractivity contribution >= 4 is 6.03 Å². The summed E-state index contributed by atoms with van der Waals surface area (Å²) in [4.78, 5) is 12.5. The van der Waals surface area contributed by atoms with Crippen LogP contribution in [0.5, 0.6) is 0 Å². The summed E-state index contributed by atoms with van der Waals surface area (Å²) >= 11 is 0. The summed E-state index contributed by atoms with van der Waals surface area (Å²) in [5.41, 5.74) is 0. The van der Waals surface area contributed by atoms with Gasteiger partial charge in [0.25, 0.3) is 0 Å². The van der Waals surface area contributed by atoms with Crippen molar-refractivity contribution in [3.63, 3.8) is 0 Å². The van der Waals surface area contributed by atoms with E-state index in [2.05, 4.69) is 16.7 Å². The quantitative estimate of drug-likeness (QED) is 0.618. The molecule has 0 saturated heterocycles. The summed E-state index contributed by atoms with van der Waals surface area (Å²) in [7, 11) is 3.39. The number of carbonyl (C=O) groups excluding carboxylic acids is 1. The van der Waals surface area contributed by atoms with Crippen LogP contribution in [0.15, 0.2) is 0 Å². The van der Waals surface area contributed by atoms with E-state index in [1.165, 1.54) is 4.90 Å². The van der Waals surface area contributed by atoms with E-state index in [1.54, 1.807) is 14.1 Å². The number of rotatable bonds is 5. The lowest BCUT2D eigenvalue weighted by Crippen LogP contribution is -2.40. The molecule has 0 rings (SSSR count). The molecular weight excluding hydrogens is 180 g/mol. The SMILES string of the molecule is CC(CC#N)NCCNC(=O)N(C)C. The summed E-state index contributed by atoms with van der Waals surface area (Å²) in [5, 5.41) is 14.2. The Morgan fingerprint density at radius 1 is 1.50 bits per heavy atom. The van der Waals surface area contributed by atoms with Gasteiger partial charge in [0.1, 0.15) is 0 Å². The molecule has 0 aromatic heterocycles. The van der Waals surface area contributed by atoms with E-state index < -0.39 is 0 Å². The van der Waals surface area contributed by atoms with Gasteiger partial charge in [-0.3, -0.25) is 0 Å². The Morgan fingerprint density at radius 3 is 2.64 bits per heavy atom. The highest BCUT2D eigenvalue weighted by atomic mass is 16.2. The Hall–Kier alpha value is -1.28. The van der Waals surface area contributed by atoms with Gasteiger partial charge in [-0.05, 0) is 6.92 Å². The van der Waals surface area contributed by atoms with E-state index in [0.717, 1.165) is 0 Å². The van der Waals surface area contributed by atoms with Crippen molar-refractivity contribution in [2.75, 3.05) is 27.2 Å². The summed E-state index contributed by atoms with van der Waals surface area (Å²) < 4.78 is 0. The van der Waals surface area contributed by atoms with E-state index in [-0.39, 0.29) is 12.1 Å². The average Bonchev–Trinajstić information content (AvgIpc) is 2.12. The molecule has 2 amide bonds. The molecule has 0 bridgehead atoms. The molecular formula is C9H18N4O. The van der Waals surface area contributed by atoms with E-state index in [0.29, 0.717) is 19.5 Å². The lowest BCUT2D eigenvalue weighted by Gasteiger charge is -2.13. The first-order chi connectivity index (χ1) is 6.57. The fourth-order valence-corrected chi connectivity index (χ4v) is 0.855. The molecule has 0 fully saturated rings. The molecule has 2 N–H and O–H groups in total. The molecule has 80 valence electrons. The lowest BCUT2D eigenvalue weighted by atomic mass is 10.2. The topological polar surface area (TPSA) is 68.2 Å². The Bertz CT molecular complexity index is 209. The Morgan fingerprint density at radius 2 is 2.14 bits per heavy atom. The van der Waals surface area contributed by atoms with Crippen molar-refractivity contribution in [1.82, 2.24) is 15.5 Å². The van der Waals surface area contributed by atoms with Crippen LogP contribution in [0.3, 0.4) is 0 Å². The maximum Gasteiger partial charge on any atom is 0.316 e. The molecule has 5 nitrogen and oxygen atoms in total. The zero-order chi connectivity index (χ0) is 11.0. The highest BCUT2D eigenvalue weighted by Crippen LogP contribution is 1.85. The third-order valence-electron chi connectivity index (χ3n) is 1.70. The minimum atomic E-state index is -0.0975. The zero-order valence-electron chi connectivity index (χ0n) is 9.00. The molecule has 0 aliphatic carbocycles. The van der Waals surface area contributed by atoms with Crippen LogP contribution in [0.25, 0.3) is 0 Å². The Balaban J connectivity index is 3.38. The van der Waals surface area contributed by atoms with Crippen molar-refractivity contribution in [3.05, 3.63) is 0 Å². The van der Waals surface area contributed by atoms with Crippen molar-refractivity contribution in [3.8, 4) is 6.07 Å². The molecule has 1 unspecified atom stereocenters. The number of hydrogen-bond acceptors (Lipinski definition) is 3. The van der Waals surface area contributed by atoms with Crippen LogP contribution < -0.4 is 10.6 Å². The van der Waals surface area contributed by atoms with E-state index in [9.17, 15) is 4.79 Å². The van der Waals surface area contributed by atoms with Crippen LogP contribution in [-0.4, -0.2) is 44.2 Å². The third kappa shape index (κ3) is 6.26. The van der Waals surface area contributed by atoms with E-state index >= 15 is 0 Å². The van der Waals surface area contributed by atoms with Gasteiger partial charge in [0.05, 0.1) is 12.5 Å². The van der Waals surface area contributed by atoms with E-state index in [1.807, 2.05) is 6.92 Å². The van der Waals surface area contributed by atoms with Gasteiger partial charge in [0.2, 0.25) is 0 Å². The highest BCUT2D eigenvalue weighted by Gasteiger charge is 2.02. The van der Waals surface area contributed by atoms with Crippen molar-refractivity contribution in [1.29, 1.82) is 5.26 Å². The van der Waals surface area contributed by atoms with Gasteiger partial charge in [-0.25, -0.2) is 4.79 Å². The fraction of sp³-hybridized carbons (Fsp3) is 0.778. The van der Waals surface area contributed by atoms with Crippen molar-refractivity contribution < 1.29 is 4.79 Å². The number of urea groups is 1. The third-order valence-corrected chi connectivity index (χ3v) is 1.70. The van der Waals surface area contributed by atoms with E-state index in [4.69, 9.17) is 5.26 Å². The first-order valence-corrected chi connectivity index (χ1v) is 4.63. The second kappa shape index (κ2) is 7.15. The van der Waals surface area contributed by atoms with Gasteiger partial charge in [-0.2, -0.15) is 5.26 Å². The van der Waals surface area contributed by atoms with Gasteiger partial charge >= 0.3 is 6.03 Å². The predicted molar refractivity (Wildman–Crippen MR) is 54.8 cm³/mol. The highest BCUT2D eigenvalue weighted by molar-refractivity contribution is 5.73. The first kappa shape index (κ1) is 12.7. The minimum absolute atomic E-state index is 0.0975. The monoisotopic (exact) mass is 198 g/mol. The molecule has 0 aliphatic heterocycles. The second-order valence-electron chi connectivity index (χ2n) is 3.34.